The molecule has 0 unspecified atom stereocenters. The van der Waals surface area contributed by atoms with Crippen molar-refractivity contribution in [1.82, 2.24) is 0 Å². The van der Waals surface area contributed by atoms with Gasteiger partial charge in [0.15, 0.2) is 0 Å². The lowest BCUT2D eigenvalue weighted by Crippen LogP contribution is -2.12. The maximum absolute atomic E-state index is 5.40. The standard InChI is InChI=1S/C8H16N2O/c1-6(2)7(5-9)8(10-3)11-4/h5-6H,9H2,1-4H3/b7-5-,10-8?. The third-order valence-electron chi connectivity index (χ3n) is 1.44. The summed E-state index contributed by atoms with van der Waals surface area (Å²) < 4.78 is 5.02. The number of ether oxygens (including phenoxy) is 1. The van der Waals surface area contributed by atoms with Gasteiger partial charge in [-0.3, -0.25) is 4.99 Å². The third kappa shape index (κ3) is 2.62. The van der Waals surface area contributed by atoms with E-state index in [1.807, 2.05) is 13.8 Å². The molecule has 0 amide bonds. The Kier molecular flexibility index (Phi) is 4.34. The average Bonchev–Trinajstić information content (AvgIpc) is 1.99. The molecule has 0 aliphatic carbocycles. The van der Waals surface area contributed by atoms with Gasteiger partial charge in [0.2, 0.25) is 5.90 Å². The van der Waals surface area contributed by atoms with Crippen LogP contribution in [0.1, 0.15) is 13.8 Å². The number of hydrogen-bond acceptors (Lipinski definition) is 3. The number of aliphatic imine (C=N–C) groups is 1. The van der Waals surface area contributed by atoms with Crippen LogP contribution in [0.25, 0.3) is 0 Å². The zero-order valence-electron chi connectivity index (χ0n) is 7.59. The molecule has 0 saturated carbocycles. The topological polar surface area (TPSA) is 47.6 Å². The van der Waals surface area contributed by atoms with E-state index >= 15 is 0 Å². The van der Waals surface area contributed by atoms with Crippen LogP contribution in [0.3, 0.4) is 0 Å². The van der Waals surface area contributed by atoms with Gasteiger partial charge in [-0.05, 0) is 5.92 Å². The third-order valence-corrected chi connectivity index (χ3v) is 1.44. The van der Waals surface area contributed by atoms with E-state index < -0.39 is 0 Å². The van der Waals surface area contributed by atoms with E-state index in [9.17, 15) is 0 Å². The minimum absolute atomic E-state index is 0.346. The maximum Gasteiger partial charge on any atom is 0.213 e. The molecule has 0 atom stereocenters. The number of nitrogens with two attached hydrogens (primary N) is 1. The Bertz CT molecular complexity index is 171. The molecule has 0 rings (SSSR count). The van der Waals surface area contributed by atoms with Crippen LogP contribution in [0.15, 0.2) is 16.8 Å². The summed E-state index contributed by atoms with van der Waals surface area (Å²) in [6.07, 6.45) is 1.54. The van der Waals surface area contributed by atoms with Crippen LogP contribution in [-0.2, 0) is 4.74 Å². The summed E-state index contributed by atoms with van der Waals surface area (Å²) in [6, 6.07) is 0. The van der Waals surface area contributed by atoms with Crippen molar-refractivity contribution < 1.29 is 4.74 Å². The van der Waals surface area contributed by atoms with Gasteiger partial charge in [0.25, 0.3) is 0 Å². The first-order valence-corrected chi connectivity index (χ1v) is 3.60. The number of rotatable bonds is 2. The van der Waals surface area contributed by atoms with Gasteiger partial charge < -0.3 is 10.5 Å². The fourth-order valence-corrected chi connectivity index (χ4v) is 0.849. The highest BCUT2D eigenvalue weighted by Gasteiger charge is 2.09. The molecule has 0 aliphatic rings. The molecule has 0 heterocycles. The van der Waals surface area contributed by atoms with E-state index in [0.29, 0.717) is 11.8 Å². The Hall–Kier alpha value is -0.990. The molecule has 0 aromatic carbocycles. The molecular formula is C8H16N2O. The Labute approximate surface area is 68.0 Å². The summed E-state index contributed by atoms with van der Waals surface area (Å²) in [5, 5.41) is 0. The number of hydrogen-bond donors (Lipinski definition) is 1. The van der Waals surface area contributed by atoms with Crippen molar-refractivity contribution in [2.24, 2.45) is 16.6 Å². The van der Waals surface area contributed by atoms with Crippen molar-refractivity contribution in [2.75, 3.05) is 14.2 Å². The Morgan fingerprint density at radius 2 is 2.09 bits per heavy atom. The van der Waals surface area contributed by atoms with Crippen LogP contribution in [0.4, 0.5) is 0 Å². The molecule has 3 heteroatoms. The lowest BCUT2D eigenvalue weighted by atomic mass is 10.0. The average molecular weight is 156 g/mol. The van der Waals surface area contributed by atoms with Crippen molar-refractivity contribution in [3.05, 3.63) is 11.8 Å². The second-order valence-corrected chi connectivity index (χ2v) is 2.51. The molecular weight excluding hydrogens is 140 g/mol. The van der Waals surface area contributed by atoms with Gasteiger partial charge in [0, 0.05) is 18.8 Å². The molecule has 2 N–H and O–H groups in total. The molecule has 0 aromatic rings. The van der Waals surface area contributed by atoms with Gasteiger partial charge in [-0.25, -0.2) is 0 Å². The lowest BCUT2D eigenvalue weighted by Gasteiger charge is -2.10. The summed E-state index contributed by atoms with van der Waals surface area (Å²) in [6.45, 7) is 4.09. The molecule has 0 radical (unpaired) electrons. The number of nitrogens with zero attached hydrogens (tertiary/aromatic N) is 1. The van der Waals surface area contributed by atoms with Gasteiger partial charge in [0.1, 0.15) is 0 Å². The van der Waals surface area contributed by atoms with Crippen LogP contribution in [-0.4, -0.2) is 20.1 Å². The van der Waals surface area contributed by atoms with E-state index in [2.05, 4.69) is 4.99 Å². The molecule has 0 bridgehead atoms. The quantitative estimate of drug-likeness (QED) is 0.481. The monoisotopic (exact) mass is 156 g/mol. The van der Waals surface area contributed by atoms with Gasteiger partial charge in [-0.1, -0.05) is 13.8 Å². The fourth-order valence-electron chi connectivity index (χ4n) is 0.849. The van der Waals surface area contributed by atoms with E-state index in [1.54, 1.807) is 14.2 Å². The maximum atomic E-state index is 5.40. The van der Waals surface area contributed by atoms with Gasteiger partial charge in [-0.2, -0.15) is 0 Å². The van der Waals surface area contributed by atoms with Crippen molar-refractivity contribution in [1.29, 1.82) is 0 Å². The molecule has 3 nitrogen and oxygen atoms in total. The van der Waals surface area contributed by atoms with Crippen LogP contribution in [0.2, 0.25) is 0 Å². The highest BCUT2D eigenvalue weighted by molar-refractivity contribution is 5.93. The van der Waals surface area contributed by atoms with E-state index in [1.165, 1.54) is 6.20 Å². The molecule has 0 saturated heterocycles. The highest BCUT2D eigenvalue weighted by Crippen LogP contribution is 2.10. The summed E-state index contributed by atoms with van der Waals surface area (Å²) in [4.78, 5) is 3.95. The molecule has 0 aliphatic heterocycles. The van der Waals surface area contributed by atoms with Crippen molar-refractivity contribution in [3.63, 3.8) is 0 Å². The summed E-state index contributed by atoms with van der Waals surface area (Å²) in [7, 11) is 3.28. The van der Waals surface area contributed by atoms with Gasteiger partial charge >= 0.3 is 0 Å². The highest BCUT2D eigenvalue weighted by atomic mass is 16.5. The van der Waals surface area contributed by atoms with Gasteiger partial charge in [-0.15, -0.1) is 0 Å². The first-order valence-electron chi connectivity index (χ1n) is 3.60. The second-order valence-electron chi connectivity index (χ2n) is 2.51. The predicted molar refractivity (Wildman–Crippen MR) is 47.5 cm³/mol. The van der Waals surface area contributed by atoms with E-state index in [-0.39, 0.29) is 0 Å². The Balaban J connectivity index is 4.51. The summed E-state index contributed by atoms with van der Waals surface area (Å²) >= 11 is 0. The summed E-state index contributed by atoms with van der Waals surface area (Å²) in [5.41, 5.74) is 6.34. The largest absolute Gasteiger partial charge is 0.481 e. The first kappa shape index (κ1) is 10.0. The van der Waals surface area contributed by atoms with E-state index in [0.717, 1.165) is 5.57 Å². The molecule has 0 spiro atoms. The Morgan fingerprint density at radius 3 is 2.18 bits per heavy atom. The zero-order valence-corrected chi connectivity index (χ0v) is 7.59. The number of methoxy groups -OCH3 is 1. The minimum Gasteiger partial charge on any atom is -0.481 e. The smallest absolute Gasteiger partial charge is 0.213 e. The molecule has 0 fully saturated rings. The molecule has 0 aromatic heterocycles. The van der Waals surface area contributed by atoms with E-state index in [4.69, 9.17) is 10.5 Å². The van der Waals surface area contributed by atoms with Crippen molar-refractivity contribution in [3.8, 4) is 0 Å². The van der Waals surface area contributed by atoms with Crippen LogP contribution >= 0.6 is 0 Å². The van der Waals surface area contributed by atoms with Crippen molar-refractivity contribution >= 4 is 5.90 Å². The zero-order chi connectivity index (χ0) is 8.85. The van der Waals surface area contributed by atoms with Crippen LogP contribution in [0.5, 0.6) is 0 Å². The second kappa shape index (κ2) is 4.77. The summed E-state index contributed by atoms with van der Waals surface area (Å²) in [5.74, 6) is 0.959. The van der Waals surface area contributed by atoms with Crippen LogP contribution < -0.4 is 5.73 Å². The Morgan fingerprint density at radius 1 is 1.55 bits per heavy atom. The predicted octanol–water partition coefficient (Wildman–Crippen LogP) is 1.16. The minimum atomic E-state index is 0.346. The fraction of sp³-hybridized carbons (Fsp3) is 0.625. The molecule has 11 heavy (non-hydrogen) atoms. The normalized spacial score (nSPS) is 13.9. The lowest BCUT2D eigenvalue weighted by molar-refractivity contribution is 0.398. The first-order chi connectivity index (χ1) is 5.17. The van der Waals surface area contributed by atoms with Crippen LogP contribution in [0, 0.1) is 5.92 Å². The SMILES string of the molecule is CN=C(OC)/C(=C\N)C(C)C. The molecule has 64 valence electrons. The van der Waals surface area contributed by atoms with Gasteiger partial charge in [0.05, 0.1) is 7.11 Å². The van der Waals surface area contributed by atoms with Crippen molar-refractivity contribution in [2.45, 2.75) is 13.8 Å².